The highest BCUT2D eigenvalue weighted by Crippen LogP contribution is 2.38. The lowest BCUT2D eigenvalue weighted by Crippen LogP contribution is -3.27. The van der Waals surface area contributed by atoms with Gasteiger partial charge in [0.2, 0.25) is 5.91 Å². The Labute approximate surface area is 141 Å². The van der Waals surface area contributed by atoms with Crippen molar-refractivity contribution in [2.24, 2.45) is 0 Å². The number of halogens is 1. The summed E-state index contributed by atoms with van der Waals surface area (Å²) in [6.07, 6.45) is 1.04. The molecule has 1 aromatic carbocycles. The molecule has 0 saturated carbocycles. The molecular formula is C17H26FN3OS+2. The van der Waals surface area contributed by atoms with E-state index in [4.69, 9.17) is 0 Å². The van der Waals surface area contributed by atoms with Crippen LogP contribution in [0.4, 0.5) is 4.39 Å². The van der Waals surface area contributed by atoms with Crippen molar-refractivity contribution in [3.05, 3.63) is 35.6 Å². The third-order valence-electron chi connectivity index (χ3n) is 4.86. The van der Waals surface area contributed by atoms with Crippen LogP contribution < -0.4 is 9.80 Å². The largest absolute Gasteiger partial charge is 0.328 e. The fourth-order valence-corrected chi connectivity index (χ4v) is 4.60. The predicted molar refractivity (Wildman–Crippen MR) is 90.1 cm³/mol. The van der Waals surface area contributed by atoms with E-state index >= 15 is 0 Å². The summed E-state index contributed by atoms with van der Waals surface area (Å²) in [7, 11) is 2.25. The van der Waals surface area contributed by atoms with E-state index in [9.17, 15) is 9.18 Å². The summed E-state index contributed by atoms with van der Waals surface area (Å²) in [5.41, 5.74) is 1.03. The molecule has 23 heavy (non-hydrogen) atoms. The maximum absolute atomic E-state index is 13.1. The van der Waals surface area contributed by atoms with Crippen LogP contribution >= 0.6 is 11.8 Å². The van der Waals surface area contributed by atoms with E-state index in [0.29, 0.717) is 5.75 Å². The standard InChI is InChI=1S/C17H24FN3OS/c1-19-9-11-20(12-10-19)7-2-8-21-16(22)13-23-17(21)14-3-5-15(18)6-4-14/h3-6,17H,2,7-13H2,1H3/p+2. The zero-order valence-electron chi connectivity index (χ0n) is 13.7. The molecule has 1 atom stereocenters. The maximum Gasteiger partial charge on any atom is 0.233 e. The Morgan fingerprint density at radius 1 is 1.22 bits per heavy atom. The fraction of sp³-hybridized carbons (Fsp3) is 0.588. The highest BCUT2D eigenvalue weighted by atomic mass is 32.2. The van der Waals surface area contributed by atoms with Gasteiger partial charge in [0.05, 0.1) is 19.3 Å². The average Bonchev–Trinajstić information content (AvgIpc) is 2.91. The molecule has 2 aliphatic rings. The molecule has 4 nitrogen and oxygen atoms in total. The fourth-order valence-electron chi connectivity index (χ4n) is 3.38. The molecule has 2 heterocycles. The highest BCUT2D eigenvalue weighted by molar-refractivity contribution is 8.00. The maximum atomic E-state index is 13.1. The van der Waals surface area contributed by atoms with Gasteiger partial charge in [-0.2, -0.15) is 0 Å². The Kier molecular flexibility index (Phi) is 5.56. The van der Waals surface area contributed by atoms with Gasteiger partial charge in [0.1, 0.15) is 37.4 Å². The summed E-state index contributed by atoms with van der Waals surface area (Å²) in [5, 5.41) is 0.0510. The van der Waals surface area contributed by atoms with Gasteiger partial charge < -0.3 is 14.7 Å². The second-order valence-corrected chi connectivity index (χ2v) is 7.68. The highest BCUT2D eigenvalue weighted by Gasteiger charge is 2.32. The molecule has 1 unspecified atom stereocenters. The molecule has 0 spiro atoms. The van der Waals surface area contributed by atoms with E-state index in [1.165, 1.54) is 38.3 Å². The average molecular weight is 339 g/mol. The zero-order chi connectivity index (χ0) is 16.2. The summed E-state index contributed by atoms with van der Waals surface area (Å²) in [6, 6.07) is 6.56. The molecule has 6 heteroatoms. The van der Waals surface area contributed by atoms with Gasteiger partial charge >= 0.3 is 0 Å². The number of rotatable bonds is 5. The molecular weight excluding hydrogens is 313 g/mol. The lowest BCUT2D eigenvalue weighted by molar-refractivity contribution is -1.00. The van der Waals surface area contributed by atoms with Crippen molar-refractivity contribution in [2.45, 2.75) is 11.8 Å². The van der Waals surface area contributed by atoms with Crippen LogP contribution in [0.2, 0.25) is 0 Å². The van der Waals surface area contributed by atoms with Gasteiger partial charge in [-0.15, -0.1) is 11.8 Å². The van der Waals surface area contributed by atoms with Gasteiger partial charge in [0, 0.05) is 13.0 Å². The van der Waals surface area contributed by atoms with Crippen molar-refractivity contribution >= 4 is 17.7 Å². The quantitative estimate of drug-likeness (QED) is 0.736. The number of likely N-dealkylation sites (N-methyl/N-ethyl adjacent to an activating group) is 1. The minimum atomic E-state index is -0.226. The Bertz CT molecular complexity index is 531. The molecule has 0 aromatic heterocycles. The van der Waals surface area contributed by atoms with Crippen LogP contribution in [0.5, 0.6) is 0 Å². The molecule has 1 aromatic rings. The van der Waals surface area contributed by atoms with Crippen LogP contribution in [0.25, 0.3) is 0 Å². The number of benzene rings is 1. The van der Waals surface area contributed by atoms with Crippen molar-refractivity contribution in [1.29, 1.82) is 0 Å². The predicted octanol–water partition coefficient (Wildman–Crippen LogP) is -0.797. The van der Waals surface area contributed by atoms with Crippen molar-refractivity contribution in [2.75, 3.05) is 52.1 Å². The first kappa shape index (κ1) is 16.7. The first-order valence-electron chi connectivity index (χ1n) is 8.45. The lowest BCUT2D eigenvalue weighted by atomic mass is 10.2. The van der Waals surface area contributed by atoms with Gasteiger partial charge in [-0.05, 0) is 17.7 Å². The zero-order valence-corrected chi connectivity index (χ0v) is 14.5. The number of piperazine rings is 1. The second kappa shape index (κ2) is 7.64. The van der Waals surface area contributed by atoms with Crippen LogP contribution in [0.3, 0.4) is 0 Å². The monoisotopic (exact) mass is 339 g/mol. The first-order chi connectivity index (χ1) is 11.1. The summed E-state index contributed by atoms with van der Waals surface area (Å²) in [6.45, 7) is 6.89. The molecule has 0 radical (unpaired) electrons. The molecule has 0 aliphatic carbocycles. The molecule has 0 bridgehead atoms. The number of hydrogen-bond donors (Lipinski definition) is 2. The minimum absolute atomic E-state index is 0.0510. The molecule has 2 aliphatic heterocycles. The van der Waals surface area contributed by atoms with E-state index in [1.54, 1.807) is 33.7 Å². The number of quaternary nitrogens is 2. The number of amides is 1. The number of hydrogen-bond acceptors (Lipinski definition) is 2. The Balaban J connectivity index is 1.52. The van der Waals surface area contributed by atoms with Crippen molar-refractivity contribution in [3.63, 3.8) is 0 Å². The third-order valence-corrected chi connectivity index (χ3v) is 6.12. The Morgan fingerprint density at radius 3 is 2.61 bits per heavy atom. The van der Waals surface area contributed by atoms with Crippen LogP contribution in [-0.2, 0) is 4.79 Å². The minimum Gasteiger partial charge on any atom is -0.328 e. The summed E-state index contributed by atoms with van der Waals surface area (Å²) in [5.74, 6) is 0.518. The van der Waals surface area contributed by atoms with E-state index in [1.807, 2.05) is 4.90 Å². The first-order valence-corrected chi connectivity index (χ1v) is 9.50. The molecule has 2 N–H and O–H groups in total. The number of carbonyl (C=O) groups excluding carboxylic acids is 1. The van der Waals surface area contributed by atoms with Gasteiger partial charge in [-0.3, -0.25) is 4.79 Å². The molecule has 2 saturated heterocycles. The van der Waals surface area contributed by atoms with Crippen molar-refractivity contribution < 1.29 is 19.0 Å². The number of nitrogens with one attached hydrogen (secondary N) is 2. The van der Waals surface area contributed by atoms with Crippen molar-refractivity contribution in [1.82, 2.24) is 4.90 Å². The van der Waals surface area contributed by atoms with E-state index < -0.39 is 0 Å². The molecule has 2 fully saturated rings. The lowest BCUT2D eigenvalue weighted by Gasteiger charge is -2.29. The SMILES string of the molecule is C[NH+]1CC[NH+](CCCN2C(=O)CSC2c2ccc(F)cc2)CC1. The second-order valence-electron chi connectivity index (χ2n) is 6.61. The van der Waals surface area contributed by atoms with Crippen LogP contribution in [0.1, 0.15) is 17.4 Å². The van der Waals surface area contributed by atoms with Crippen molar-refractivity contribution in [3.8, 4) is 0 Å². The van der Waals surface area contributed by atoms with Gasteiger partial charge in [0.25, 0.3) is 0 Å². The smallest absolute Gasteiger partial charge is 0.233 e. The molecule has 3 rings (SSSR count). The van der Waals surface area contributed by atoms with Crippen LogP contribution in [0.15, 0.2) is 24.3 Å². The van der Waals surface area contributed by atoms with Crippen LogP contribution in [-0.4, -0.2) is 62.9 Å². The van der Waals surface area contributed by atoms with Gasteiger partial charge in [0.15, 0.2) is 0 Å². The van der Waals surface area contributed by atoms with Gasteiger partial charge in [-0.1, -0.05) is 12.1 Å². The number of carbonyl (C=O) groups is 1. The summed E-state index contributed by atoms with van der Waals surface area (Å²) >= 11 is 1.65. The third kappa shape index (κ3) is 4.25. The normalized spacial score (nSPS) is 28.3. The van der Waals surface area contributed by atoms with Crippen LogP contribution in [0, 0.1) is 5.82 Å². The molecule has 126 valence electrons. The Morgan fingerprint density at radius 2 is 1.91 bits per heavy atom. The van der Waals surface area contributed by atoms with E-state index in [0.717, 1.165) is 25.1 Å². The van der Waals surface area contributed by atoms with E-state index in [-0.39, 0.29) is 17.1 Å². The van der Waals surface area contributed by atoms with E-state index in [2.05, 4.69) is 7.05 Å². The van der Waals surface area contributed by atoms with Gasteiger partial charge in [-0.25, -0.2) is 4.39 Å². The molecule has 1 amide bonds. The topological polar surface area (TPSA) is 29.2 Å². The Hall–Kier alpha value is -1.11. The summed E-state index contributed by atoms with van der Waals surface area (Å²) < 4.78 is 13.1. The summed E-state index contributed by atoms with van der Waals surface area (Å²) in [4.78, 5) is 17.4. The number of thioether (sulfide) groups is 1. The number of nitrogens with zero attached hydrogens (tertiary/aromatic N) is 1.